The number of nitrogens with zero attached hydrogens (tertiary/aromatic N) is 2. The maximum atomic E-state index is 13.4. The Hall–Kier alpha value is -2.28. The van der Waals surface area contributed by atoms with Crippen LogP contribution in [0.5, 0.6) is 0 Å². The number of Topliss-reactive ketones (excluding diaryl/α,β-unsaturated/α-hetero) is 1. The Balaban J connectivity index is 1.63. The van der Waals surface area contributed by atoms with Crippen LogP contribution in [0.3, 0.4) is 0 Å². The van der Waals surface area contributed by atoms with Crippen LogP contribution in [-0.2, 0) is 25.7 Å². The molecule has 2 bridgehead atoms. The molecule has 168 valence electrons. The number of piperidine rings is 2. The molecule has 1 aromatic carbocycles. The normalized spacial score (nSPS) is 31.0. The van der Waals surface area contributed by atoms with Crippen molar-refractivity contribution in [1.82, 2.24) is 9.80 Å². The molecule has 3 heterocycles. The highest BCUT2D eigenvalue weighted by Gasteiger charge is 2.62. The summed E-state index contributed by atoms with van der Waals surface area (Å²) in [4.78, 5) is 43.7. The van der Waals surface area contributed by atoms with E-state index in [1.165, 1.54) is 19.2 Å². The van der Waals surface area contributed by atoms with Gasteiger partial charge in [-0.1, -0.05) is 19.1 Å². The number of carbonyl (C=O) groups excluding carboxylic acids is 3. The Labute approximate surface area is 182 Å². The largest absolute Gasteiger partial charge is 0.468 e. The van der Waals surface area contributed by atoms with Gasteiger partial charge in [0, 0.05) is 38.1 Å². The summed E-state index contributed by atoms with van der Waals surface area (Å²) in [6, 6.07) is 5.94. The van der Waals surface area contributed by atoms with Gasteiger partial charge >= 0.3 is 5.97 Å². The molecule has 0 saturated carbocycles. The van der Waals surface area contributed by atoms with Crippen LogP contribution in [0.4, 0.5) is 4.39 Å². The molecule has 0 aliphatic carbocycles. The number of ether oxygens (including phenoxy) is 1. The number of benzene rings is 1. The summed E-state index contributed by atoms with van der Waals surface area (Å²) in [5, 5.41) is 0. The predicted octanol–water partition coefficient (Wildman–Crippen LogP) is 2.94. The Bertz CT molecular complexity index is 858. The Morgan fingerprint density at radius 2 is 1.94 bits per heavy atom. The number of amides is 1. The zero-order valence-electron chi connectivity index (χ0n) is 18.3. The highest BCUT2D eigenvalue weighted by atomic mass is 19.1. The number of fused-ring (bicyclic) bond motifs is 2. The van der Waals surface area contributed by atoms with Gasteiger partial charge in [-0.2, -0.15) is 0 Å². The summed E-state index contributed by atoms with van der Waals surface area (Å²) in [5.74, 6) is -0.811. The van der Waals surface area contributed by atoms with Crippen molar-refractivity contribution >= 4 is 17.7 Å². The van der Waals surface area contributed by atoms with Crippen LogP contribution in [0.2, 0.25) is 0 Å². The number of halogens is 1. The lowest BCUT2D eigenvalue weighted by molar-refractivity contribution is -0.171. The maximum Gasteiger partial charge on any atom is 0.321 e. The van der Waals surface area contributed by atoms with Crippen molar-refractivity contribution in [3.8, 4) is 0 Å². The summed E-state index contributed by atoms with van der Waals surface area (Å²) in [6.45, 7) is 3.96. The first-order valence-electron chi connectivity index (χ1n) is 11.2. The number of esters is 1. The van der Waals surface area contributed by atoms with E-state index < -0.39 is 11.4 Å². The van der Waals surface area contributed by atoms with E-state index in [0.29, 0.717) is 32.0 Å². The third kappa shape index (κ3) is 4.00. The molecular weight excluding hydrogens is 399 g/mol. The first kappa shape index (κ1) is 21.9. The first-order valence-corrected chi connectivity index (χ1v) is 11.2. The van der Waals surface area contributed by atoms with E-state index in [1.807, 2.05) is 0 Å². The molecule has 3 saturated heterocycles. The lowest BCUT2D eigenvalue weighted by atomic mass is 9.69. The van der Waals surface area contributed by atoms with E-state index in [9.17, 15) is 18.8 Å². The van der Waals surface area contributed by atoms with Gasteiger partial charge in [-0.05, 0) is 49.3 Å². The molecule has 31 heavy (non-hydrogen) atoms. The molecule has 0 N–H and O–H groups in total. The van der Waals surface area contributed by atoms with Gasteiger partial charge in [0.1, 0.15) is 5.82 Å². The maximum absolute atomic E-state index is 13.4. The topological polar surface area (TPSA) is 66.9 Å². The molecule has 7 heteroatoms. The zero-order valence-corrected chi connectivity index (χ0v) is 18.3. The standard InChI is InChI=1S/C24H31FN2O4/c1-16-4-3-11-26(14-16)22(29)13-24(23(30)31-2)20-10-9-19(12-21(24)28)27(20)15-17-5-7-18(25)8-6-17/h5-8,16,19-20H,3-4,9-15H2,1-2H3/t16-,19-,20+,24+/m1/s1. The second kappa shape index (κ2) is 8.69. The minimum atomic E-state index is -1.47. The van der Waals surface area contributed by atoms with Crippen molar-refractivity contribution in [2.24, 2.45) is 11.3 Å². The molecule has 0 unspecified atom stereocenters. The third-order valence-corrected chi connectivity index (χ3v) is 7.40. The van der Waals surface area contributed by atoms with Crippen LogP contribution in [0.1, 0.15) is 51.0 Å². The number of carbonyl (C=O) groups is 3. The van der Waals surface area contributed by atoms with Gasteiger partial charge in [0.25, 0.3) is 0 Å². The van der Waals surface area contributed by atoms with E-state index in [1.54, 1.807) is 17.0 Å². The molecule has 0 spiro atoms. The van der Waals surface area contributed by atoms with Crippen LogP contribution in [0, 0.1) is 17.2 Å². The van der Waals surface area contributed by atoms with E-state index >= 15 is 0 Å². The second-order valence-electron chi connectivity index (χ2n) is 9.40. The van der Waals surface area contributed by atoms with Gasteiger partial charge < -0.3 is 9.64 Å². The second-order valence-corrected chi connectivity index (χ2v) is 9.40. The van der Waals surface area contributed by atoms with Crippen LogP contribution < -0.4 is 0 Å². The lowest BCUT2D eigenvalue weighted by Crippen LogP contribution is -2.61. The smallest absolute Gasteiger partial charge is 0.321 e. The molecule has 4 atom stereocenters. The third-order valence-electron chi connectivity index (χ3n) is 7.40. The minimum Gasteiger partial charge on any atom is -0.468 e. The van der Waals surface area contributed by atoms with E-state index in [2.05, 4.69) is 11.8 Å². The number of methoxy groups -OCH3 is 1. The Morgan fingerprint density at radius 3 is 2.61 bits per heavy atom. The molecule has 3 aliphatic heterocycles. The van der Waals surface area contributed by atoms with E-state index in [0.717, 1.165) is 24.8 Å². The summed E-state index contributed by atoms with van der Waals surface area (Å²) in [5.41, 5.74) is -0.554. The van der Waals surface area contributed by atoms with Crippen LogP contribution in [-0.4, -0.2) is 59.7 Å². The highest BCUT2D eigenvalue weighted by Crippen LogP contribution is 2.48. The molecule has 4 rings (SSSR count). The monoisotopic (exact) mass is 430 g/mol. The van der Waals surface area contributed by atoms with Gasteiger partial charge in [-0.3, -0.25) is 19.3 Å². The molecule has 0 radical (unpaired) electrons. The molecule has 6 nitrogen and oxygen atoms in total. The number of ketones is 1. The molecule has 1 aromatic rings. The SMILES string of the molecule is COC(=O)[C@]1(CC(=O)N2CCC[C@@H](C)C2)C(=O)C[C@H]2CC[C@@H]1N2Cc1ccc(F)cc1. The van der Waals surface area contributed by atoms with Gasteiger partial charge in [0.15, 0.2) is 11.2 Å². The van der Waals surface area contributed by atoms with Crippen molar-refractivity contribution in [3.63, 3.8) is 0 Å². The average Bonchev–Trinajstić information content (AvgIpc) is 3.07. The first-order chi connectivity index (χ1) is 14.8. The Kier molecular flexibility index (Phi) is 6.15. The van der Waals surface area contributed by atoms with Crippen molar-refractivity contribution in [2.45, 2.75) is 64.1 Å². The highest BCUT2D eigenvalue weighted by molar-refractivity contribution is 6.08. The fourth-order valence-corrected chi connectivity index (χ4v) is 5.79. The lowest BCUT2D eigenvalue weighted by Gasteiger charge is -2.46. The van der Waals surface area contributed by atoms with Gasteiger partial charge in [-0.15, -0.1) is 0 Å². The quantitative estimate of drug-likeness (QED) is 0.531. The molecular formula is C24H31FN2O4. The van der Waals surface area contributed by atoms with Crippen molar-refractivity contribution in [1.29, 1.82) is 0 Å². The average molecular weight is 431 g/mol. The van der Waals surface area contributed by atoms with E-state index in [4.69, 9.17) is 4.74 Å². The molecule has 3 aliphatic rings. The number of rotatable bonds is 5. The summed E-state index contributed by atoms with van der Waals surface area (Å²) in [7, 11) is 1.29. The fraction of sp³-hybridized carbons (Fsp3) is 0.625. The van der Waals surface area contributed by atoms with Gasteiger partial charge in [-0.25, -0.2) is 4.39 Å². The van der Waals surface area contributed by atoms with Crippen LogP contribution in [0.15, 0.2) is 24.3 Å². The fourth-order valence-electron chi connectivity index (χ4n) is 5.79. The molecule has 0 aromatic heterocycles. The van der Waals surface area contributed by atoms with Gasteiger partial charge in [0.05, 0.1) is 13.5 Å². The number of hydrogen-bond donors (Lipinski definition) is 0. The van der Waals surface area contributed by atoms with Gasteiger partial charge in [0.2, 0.25) is 5.91 Å². The molecule has 3 fully saturated rings. The van der Waals surface area contributed by atoms with Crippen LogP contribution >= 0.6 is 0 Å². The Morgan fingerprint density at radius 1 is 1.19 bits per heavy atom. The molecule has 1 amide bonds. The van der Waals surface area contributed by atoms with Crippen molar-refractivity contribution in [2.75, 3.05) is 20.2 Å². The predicted molar refractivity (Wildman–Crippen MR) is 112 cm³/mol. The number of hydrogen-bond acceptors (Lipinski definition) is 5. The number of likely N-dealkylation sites (tertiary alicyclic amines) is 1. The minimum absolute atomic E-state index is 0.0328. The summed E-state index contributed by atoms with van der Waals surface area (Å²) in [6.07, 6.45) is 3.58. The van der Waals surface area contributed by atoms with Crippen molar-refractivity contribution < 1.29 is 23.5 Å². The van der Waals surface area contributed by atoms with Crippen molar-refractivity contribution in [3.05, 3.63) is 35.6 Å². The van der Waals surface area contributed by atoms with Crippen LogP contribution in [0.25, 0.3) is 0 Å². The summed E-state index contributed by atoms with van der Waals surface area (Å²) < 4.78 is 18.5. The zero-order chi connectivity index (χ0) is 22.2. The van der Waals surface area contributed by atoms with E-state index in [-0.39, 0.29) is 42.4 Å². The summed E-state index contributed by atoms with van der Waals surface area (Å²) >= 11 is 0.